The summed E-state index contributed by atoms with van der Waals surface area (Å²) in [5, 5.41) is 109. The van der Waals surface area contributed by atoms with Crippen molar-refractivity contribution in [2.75, 3.05) is 26.4 Å². The number of rotatable bonds is 8. The summed E-state index contributed by atoms with van der Waals surface area (Å²) in [4.78, 5) is 0. The Labute approximate surface area is 186 Å². The molecule has 194 valence electrons. The maximum Gasteiger partial charge on any atom is 0.224 e. The third-order valence-electron chi connectivity index (χ3n) is 5.97. The Hall–Kier alpha value is -0.640. The molecule has 0 spiro atoms. The molecule has 16 heteroatoms. The molecule has 3 fully saturated rings. The van der Waals surface area contributed by atoms with Gasteiger partial charge in [0.1, 0.15) is 68.1 Å². The van der Waals surface area contributed by atoms with Crippen molar-refractivity contribution in [3.8, 4) is 0 Å². The summed E-state index contributed by atoms with van der Waals surface area (Å²) in [6.07, 6.45) is -20.1. The number of hydrogen-bond donors (Lipinski definition) is 11. The van der Waals surface area contributed by atoms with Crippen LogP contribution in [0.15, 0.2) is 0 Å². The summed E-state index contributed by atoms with van der Waals surface area (Å²) in [6.45, 7) is -3.65. The first-order valence-electron chi connectivity index (χ1n) is 10.1. The first kappa shape index (κ1) is 27.0. The number of aliphatic hydroxyl groups excluding tert-OH is 11. The second-order valence-corrected chi connectivity index (χ2v) is 8.10. The molecular weight excluding hydrogens is 460 g/mol. The largest absolute Gasteiger partial charge is 0.394 e. The van der Waals surface area contributed by atoms with Gasteiger partial charge in [0.15, 0.2) is 12.6 Å². The first-order chi connectivity index (χ1) is 15.5. The van der Waals surface area contributed by atoms with Gasteiger partial charge in [-0.1, -0.05) is 0 Å². The minimum Gasteiger partial charge on any atom is -0.394 e. The molecule has 33 heavy (non-hydrogen) atoms. The Bertz CT molecular complexity index is 655. The molecule has 0 aromatic heterocycles. The summed E-state index contributed by atoms with van der Waals surface area (Å²) in [5.74, 6) is -4.87. The summed E-state index contributed by atoms with van der Waals surface area (Å²) in [7, 11) is 0. The van der Waals surface area contributed by atoms with E-state index in [1.54, 1.807) is 0 Å². The lowest BCUT2D eigenvalue weighted by Crippen LogP contribution is -2.63. The molecule has 3 saturated heterocycles. The van der Waals surface area contributed by atoms with Crippen molar-refractivity contribution in [1.82, 2.24) is 0 Å². The highest BCUT2D eigenvalue weighted by molar-refractivity contribution is 5.01. The van der Waals surface area contributed by atoms with Crippen molar-refractivity contribution >= 4 is 0 Å². The minimum absolute atomic E-state index is 0.754. The fourth-order valence-electron chi connectivity index (χ4n) is 3.90. The molecule has 0 bridgehead atoms. The van der Waals surface area contributed by atoms with Crippen molar-refractivity contribution in [2.24, 2.45) is 0 Å². The minimum atomic E-state index is -2.52. The molecular formula is C17H30O16. The van der Waals surface area contributed by atoms with E-state index in [1.807, 2.05) is 0 Å². The van der Waals surface area contributed by atoms with Gasteiger partial charge >= 0.3 is 0 Å². The first-order valence-corrected chi connectivity index (χ1v) is 10.1. The molecule has 3 aliphatic heterocycles. The van der Waals surface area contributed by atoms with Crippen LogP contribution >= 0.6 is 0 Å². The summed E-state index contributed by atoms with van der Waals surface area (Å²) in [6, 6.07) is 0. The molecule has 0 aromatic carbocycles. The zero-order valence-corrected chi connectivity index (χ0v) is 17.1. The molecule has 0 saturated carbocycles. The van der Waals surface area contributed by atoms with Crippen LogP contribution < -0.4 is 0 Å². The zero-order valence-electron chi connectivity index (χ0n) is 17.1. The van der Waals surface area contributed by atoms with Crippen LogP contribution in [-0.4, -0.2) is 162 Å². The van der Waals surface area contributed by atoms with E-state index >= 15 is 0 Å². The van der Waals surface area contributed by atoms with E-state index in [9.17, 15) is 56.2 Å². The molecule has 13 unspecified atom stereocenters. The average molecular weight is 490 g/mol. The van der Waals surface area contributed by atoms with Crippen LogP contribution in [0.1, 0.15) is 0 Å². The molecule has 3 aliphatic rings. The third kappa shape index (κ3) is 4.64. The van der Waals surface area contributed by atoms with Gasteiger partial charge in [-0.25, -0.2) is 0 Å². The quantitative estimate of drug-likeness (QED) is 0.151. The Balaban J connectivity index is 1.86. The number of hydrogen-bond acceptors (Lipinski definition) is 16. The van der Waals surface area contributed by atoms with E-state index < -0.39 is 106 Å². The summed E-state index contributed by atoms with van der Waals surface area (Å²) >= 11 is 0. The lowest BCUT2D eigenvalue weighted by atomic mass is 10.0. The van der Waals surface area contributed by atoms with Crippen LogP contribution in [0.2, 0.25) is 0 Å². The van der Waals surface area contributed by atoms with Crippen molar-refractivity contribution in [1.29, 1.82) is 0 Å². The number of ether oxygens (including phenoxy) is 5. The highest BCUT2D eigenvalue weighted by Gasteiger charge is 2.62. The average Bonchev–Trinajstić information content (AvgIpc) is 3.20. The Morgan fingerprint density at radius 3 is 1.64 bits per heavy atom. The standard InChI is InChI=1S/C17H30O16/c18-1-5-7(21)12(26)16(3-20,31-5)29-4-17(13(27)8(22)6(2-19)32-17)33-15-11(25)9(23)10(24)14(28)30-15/h5-15,18-28H,1-4H2. The monoisotopic (exact) mass is 490 g/mol. The van der Waals surface area contributed by atoms with E-state index in [-0.39, 0.29) is 0 Å². The highest BCUT2D eigenvalue weighted by Crippen LogP contribution is 2.39. The molecule has 0 radical (unpaired) electrons. The van der Waals surface area contributed by atoms with E-state index in [2.05, 4.69) is 0 Å². The summed E-state index contributed by atoms with van der Waals surface area (Å²) < 4.78 is 26.3. The molecule has 13 atom stereocenters. The fourth-order valence-corrected chi connectivity index (χ4v) is 3.90. The third-order valence-corrected chi connectivity index (χ3v) is 5.97. The smallest absolute Gasteiger partial charge is 0.224 e. The lowest BCUT2D eigenvalue weighted by Gasteiger charge is -2.43. The second-order valence-electron chi connectivity index (χ2n) is 8.10. The Morgan fingerprint density at radius 2 is 1.15 bits per heavy atom. The summed E-state index contributed by atoms with van der Waals surface area (Å²) in [5.41, 5.74) is 0. The topological polar surface area (TPSA) is 269 Å². The van der Waals surface area contributed by atoms with Gasteiger partial charge in [-0.15, -0.1) is 0 Å². The van der Waals surface area contributed by atoms with Crippen molar-refractivity contribution in [3.05, 3.63) is 0 Å². The van der Waals surface area contributed by atoms with Crippen LogP contribution in [0.5, 0.6) is 0 Å². The molecule has 16 nitrogen and oxygen atoms in total. The molecule has 3 heterocycles. The maximum absolute atomic E-state index is 10.6. The van der Waals surface area contributed by atoms with E-state index in [0.29, 0.717) is 0 Å². The Morgan fingerprint density at radius 1 is 0.636 bits per heavy atom. The predicted molar refractivity (Wildman–Crippen MR) is 96.4 cm³/mol. The molecule has 3 rings (SSSR count). The SMILES string of the molecule is OCC1OC(CO)(OCC2(OC3OC(O)C(O)C(O)C3O)OC(CO)C(O)C2O)C(O)C1O. The molecule has 0 amide bonds. The van der Waals surface area contributed by atoms with Crippen LogP contribution in [0.25, 0.3) is 0 Å². The Kier molecular flexibility index (Phi) is 8.29. The second kappa shape index (κ2) is 10.2. The van der Waals surface area contributed by atoms with Crippen LogP contribution in [0, 0.1) is 0 Å². The lowest BCUT2D eigenvalue weighted by molar-refractivity contribution is -0.413. The normalized spacial score (nSPS) is 53.0. The van der Waals surface area contributed by atoms with Crippen molar-refractivity contribution in [2.45, 2.75) is 79.1 Å². The van der Waals surface area contributed by atoms with Crippen LogP contribution in [0.3, 0.4) is 0 Å². The van der Waals surface area contributed by atoms with Gasteiger partial charge in [0.05, 0.1) is 13.2 Å². The van der Waals surface area contributed by atoms with Crippen LogP contribution in [-0.2, 0) is 23.7 Å². The van der Waals surface area contributed by atoms with Gasteiger partial charge < -0.3 is 79.9 Å². The number of aliphatic hydroxyl groups is 11. The van der Waals surface area contributed by atoms with E-state index in [1.165, 1.54) is 0 Å². The van der Waals surface area contributed by atoms with E-state index in [4.69, 9.17) is 23.7 Å². The molecule has 0 aromatic rings. The molecule has 0 aliphatic carbocycles. The predicted octanol–water partition coefficient (Wildman–Crippen LogP) is -7.61. The van der Waals surface area contributed by atoms with Gasteiger partial charge in [-0.3, -0.25) is 0 Å². The van der Waals surface area contributed by atoms with Crippen molar-refractivity contribution < 1.29 is 79.9 Å². The zero-order chi connectivity index (χ0) is 24.7. The van der Waals surface area contributed by atoms with E-state index in [0.717, 1.165) is 0 Å². The molecule has 11 N–H and O–H groups in total. The van der Waals surface area contributed by atoms with Gasteiger partial charge in [0, 0.05) is 0 Å². The highest BCUT2D eigenvalue weighted by atomic mass is 16.8. The van der Waals surface area contributed by atoms with Crippen molar-refractivity contribution in [3.63, 3.8) is 0 Å². The van der Waals surface area contributed by atoms with Gasteiger partial charge in [-0.2, -0.15) is 0 Å². The maximum atomic E-state index is 10.6. The van der Waals surface area contributed by atoms with Gasteiger partial charge in [0.25, 0.3) is 0 Å². The van der Waals surface area contributed by atoms with Gasteiger partial charge in [-0.05, 0) is 0 Å². The van der Waals surface area contributed by atoms with Gasteiger partial charge in [0.2, 0.25) is 11.6 Å². The fraction of sp³-hybridized carbons (Fsp3) is 1.00. The van der Waals surface area contributed by atoms with Crippen LogP contribution in [0.4, 0.5) is 0 Å².